The maximum atomic E-state index is 6.15. The van der Waals surface area contributed by atoms with Crippen molar-refractivity contribution in [2.24, 2.45) is 0 Å². The van der Waals surface area contributed by atoms with Gasteiger partial charge >= 0.3 is 0 Å². The number of nitrogen functional groups attached to an aromatic ring is 1. The zero-order valence-electron chi connectivity index (χ0n) is 11.2. The van der Waals surface area contributed by atoms with Crippen molar-refractivity contribution in [3.05, 3.63) is 41.4 Å². The van der Waals surface area contributed by atoms with E-state index in [0.29, 0.717) is 0 Å². The Kier molecular flexibility index (Phi) is 3.54. The number of methoxy groups -OCH3 is 1. The molecule has 0 radical (unpaired) electrons. The van der Waals surface area contributed by atoms with E-state index in [2.05, 4.69) is 4.98 Å². The van der Waals surface area contributed by atoms with E-state index < -0.39 is 0 Å². The summed E-state index contributed by atoms with van der Waals surface area (Å²) in [4.78, 5) is 6.57. The minimum absolute atomic E-state index is 0.775. The van der Waals surface area contributed by atoms with Crippen LogP contribution in [0.25, 0.3) is 10.2 Å². The van der Waals surface area contributed by atoms with Crippen LogP contribution in [0, 0.1) is 6.92 Å². The molecule has 3 aromatic rings. The molecule has 20 heavy (non-hydrogen) atoms. The van der Waals surface area contributed by atoms with Crippen molar-refractivity contribution >= 4 is 39.0 Å². The fraction of sp³-hybridized carbons (Fsp3) is 0.133. The third-order valence-corrected chi connectivity index (χ3v) is 4.98. The summed E-state index contributed by atoms with van der Waals surface area (Å²) in [5.41, 5.74) is 7.93. The smallest absolute Gasteiger partial charge is 0.132 e. The largest absolute Gasteiger partial charge is 0.496 e. The van der Waals surface area contributed by atoms with Crippen molar-refractivity contribution in [2.45, 2.75) is 16.7 Å². The maximum absolute atomic E-state index is 6.15. The van der Waals surface area contributed by atoms with Crippen LogP contribution in [0.3, 0.4) is 0 Å². The normalized spacial score (nSPS) is 10.9. The van der Waals surface area contributed by atoms with Crippen molar-refractivity contribution < 1.29 is 4.74 Å². The zero-order valence-corrected chi connectivity index (χ0v) is 12.8. The van der Waals surface area contributed by atoms with Crippen LogP contribution in [0.2, 0.25) is 0 Å². The Bertz CT molecular complexity index is 768. The van der Waals surface area contributed by atoms with Crippen molar-refractivity contribution in [3.8, 4) is 5.75 Å². The van der Waals surface area contributed by atoms with Crippen molar-refractivity contribution in [1.82, 2.24) is 4.98 Å². The highest BCUT2D eigenvalue weighted by Crippen LogP contribution is 2.39. The molecular formula is C15H14N2OS2. The van der Waals surface area contributed by atoms with E-state index in [-0.39, 0.29) is 0 Å². The fourth-order valence-electron chi connectivity index (χ4n) is 2.00. The predicted octanol–water partition coefficient (Wildman–Crippen LogP) is 4.35. The van der Waals surface area contributed by atoms with E-state index >= 15 is 0 Å². The van der Waals surface area contributed by atoms with Gasteiger partial charge < -0.3 is 10.5 Å². The number of fused-ring (bicyclic) bond motifs is 1. The third kappa shape index (κ3) is 2.46. The van der Waals surface area contributed by atoms with Gasteiger partial charge in [-0.05, 0) is 31.2 Å². The number of thiazole rings is 1. The van der Waals surface area contributed by atoms with Gasteiger partial charge in [-0.3, -0.25) is 0 Å². The van der Waals surface area contributed by atoms with Gasteiger partial charge in [-0.25, -0.2) is 4.98 Å². The third-order valence-electron chi connectivity index (χ3n) is 2.92. The summed E-state index contributed by atoms with van der Waals surface area (Å²) in [7, 11) is 1.68. The Labute approximate surface area is 125 Å². The standard InChI is InChI=1S/C15H14N2OS2/c1-9-17-11-8-14(10(16)7-15(11)19-9)20-13-6-4-3-5-12(13)18-2/h3-8H,16H2,1-2H3. The molecule has 5 heteroatoms. The van der Waals surface area contributed by atoms with Crippen LogP contribution in [-0.2, 0) is 0 Å². The lowest BCUT2D eigenvalue weighted by Crippen LogP contribution is -1.90. The molecule has 0 unspecified atom stereocenters. The first-order valence-corrected chi connectivity index (χ1v) is 7.78. The first-order chi connectivity index (χ1) is 9.67. The Hall–Kier alpha value is -1.72. The van der Waals surface area contributed by atoms with Gasteiger partial charge in [0.1, 0.15) is 5.75 Å². The number of hydrogen-bond donors (Lipinski definition) is 1. The second-order valence-electron chi connectivity index (χ2n) is 4.34. The molecule has 0 atom stereocenters. The molecule has 3 nitrogen and oxygen atoms in total. The summed E-state index contributed by atoms with van der Waals surface area (Å²) in [5, 5.41) is 1.05. The Morgan fingerprint density at radius 3 is 2.80 bits per heavy atom. The molecule has 2 aromatic carbocycles. The van der Waals surface area contributed by atoms with Crippen molar-refractivity contribution in [1.29, 1.82) is 0 Å². The first kappa shape index (κ1) is 13.3. The van der Waals surface area contributed by atoms with Crippen molar-refractivity contribution in [3.63, 3.8) is 0 Å². The summed E-state index contributed by atoms with van der Waals surface area (Å²) in [6, 6.07) is 12.0. The number of benzene rings is 2. The predicted molar refractivity (Wildman–Crippen MR) is 85.9 cm³/mol. The Balaban J connectivity index is 2.03. The summed E-state index contributed by atoms with van der Waals surface area (Å²) < 4.78 is 6.50. The number of aryl methyl sites for hydroxylation is 1. The van der Waals surface area contributed by atoms with E-state index in [0.717, 1.165) is 36.5 Å². The molecule has 0 aliphatic carbocycles. The summed E-state index contributed by atoms with van der Waals surface area (Å²) >= 11 is 3.27. The molecule has 1 aromatic heterocycles. The minimum atomic E-state index is 0.775. The topological polar surface area (TPSA) is 48.1 Å². The maximum Gasteiger partial charge on any atom is 0.132 e. The molecule has 0 saturated heterocycles. The van der Waals surface area contributed by atoms with Crippen molar-refractivity contribution in [2.75, 3.05) is 12.8 Å². The second kappa shape index (κ2) is 5.34. The number of aromatic nitrogens is 1. The lowest BCUT2D eigenvalue weighted by atomic mass is 10.3. The monoisotopic (exact) mass is 302 g/mol. The number of rotatable bonds is 3. The van der Waals surface area contributed by atoms with Crippen LogP contribution in [0.4, 0.5) is 5.69 Å². The molecule has 0 amide bonds. The average molecular weight is 302 g/mol. The highest BCUT2D eigenvalue weighted by atomic mass is 32.2. The lowest BCUT2D eigenvalue weighted by Gasteiger charge is -2.09. The van der Waals surface area contributed by atoms with Crippen LogP contribution >= 0.6 is 23.1 Å². The Morgan fingerprint density at radius 2 is 2.00 bits per heavy atom. The van der Waals surface area contributed by atoms with Gasteiger partial charge in [-0.1, -0.05) is 23.9 Å². The van der Waals surface area contributed by atoms with Crippen LogP contribution in [0.1, 0.15) is 5.01 Å². The van der Waals surface area contributed by atoms with Gasteiger partial charge in [0.2, 0.25) is 0 Å². The van der Waals surface area contributed by atoms with Gasteiger partial charge in [-0.15, -0.1) is 11.3 Å². The molecule has 0 aliphatic rings. The number of anilines is 1. The van der Waals surface area contributed by atoms with Gasteiger partial charge in [0.25, 0.3) is 0 Å². The highest BCUT2D eigenvalue weighted by molar-refractivity contribution is 7.99. The van der Waals surface area contributed by atoms with Crippen LogP contribution in [0.5, 0.6) is 5.75 Å². The second-order valence-corrected chi connectivity index (χ2v) is 6.66. The highest BCUT2D eigenvalue weighted by Gasteiger charge is 2.10. The number of nitrogens with zero attached hydrogens (tertiary/aromatic N) is 1. The van der Waals surface area contributed by atoms with Gasteiger partial charge in [0.15, 0.2) is 0 Å². The molecule has 0 aliphatic heterocycles. The van der Waals surface area contributed by atoms with Crippen LogP contribution in [0.15, 0.2) is 46.2 Å². The van der Waals surface area contributed by atoms with E-state index in [4.69, 9.17) is 10.5 Å². The molecule has 0 spiro atoms. The van der Waals surface area contributed by atoms with Crippen LogP contribution < -0.4 is 10.5 Å². The zero-order chi connectivity index (χ0) is 14.1. The number of para-hydroxylation sites is 1. The fourth-order valence-corrected chi connectivity index (χ4v) is 3.84. The number of ether oxygens (including phenoxy) is 1. The lowest BCUT2D eigenvalue weighted by molar-refractivity contribution is 0.405. The number of nitrogens with two attached hydrogens (primary N) is 1. The summed E-state index contributed by atoms with van der Waals surface area (Å²) in [6.45, 7) is 2.01. The van der Waals surface area contributed by atoms with E-state index in [1.54, 1.807) is 30.2 Å². The molecular weight excluding hydrogens is 288 g/mol. The average Bonchev–Trinajstić information content (AvgIpc) is 2.79. The van der Waals surface area contributed by atoms with Gasteiger partial charge in [-0.2, -0.15) is 0 Å². The minimum Gasteiger partial charge on any atom is -0.496 e. The SMILES string of the molecule is COc1ccccc1Sc1cc2nc(C)sc2cc1N. The summed E-state index contributed by atoms with van der Waals surface area (Å²) in [6.07, 6.45) is 0. The van der Waals surface area contributed by atoms with Gasteiger partial charge in [0, 0.05) is 10.6 Å². The molecule has 102 valence electrons. The molecule has 3 rings (SSSR count). The van der Waals surface area contributed by atoms with E-state index in [1.807, 2.05) is 43.3 Å². The first-order valence-electron chi connectivity index (χ1n) is 6.15. The number of hydrogen-bond acceptors (Lipinski definition) is 5. The Morgan fingerprint density at radius 1 is 1.20 bits per heavy atom. The molecule has 0 fully saturated rings. The van der Waals surface area contributed by atoms with E-state index in [1.165, 1.54) is 0 Å². The molecule has 0 bridgehead atoms. The van der Waals surface area contributed by atoms with E-state index in [9.17, 15) is 0 Å². The molecule has 2 N–H and O–H groups in total. The quantitative estimate of drug-likeness (QED) is 0.731. The summed E-state index contributed by atoms with van der Waals surface area (Å²) in [5.74, 6) is 0.853. The molecule has 1 heterocycles. The van der Waals surface area contributed by atoms with Crippen LogP contribution in [-0.4, -0.2) is 12.1 Å². The van der Waals surface area contributed by atoms with Gasteiger partial charge in [0.05, 0.1) is 27.2 Å². The molecule has 0 saturated carbocycles.